The Kier molecular flexibility index (Phi) is 3.97. The number of rotatable bonds is 4. The number of aliphatic hydroxyl groups is 1. The van der Waals surface area contributed by atoms with Crippen molar-refractivity contribution in [2.75, 3.05) is 7.11 Å². The molecule has 3 heteroatoms. The van der Waals surface area contributed by atoms with Crippen molar-refractivity contribution in [2.45, 2.75) is 13.0 Å². The second-order valence-corrected chi connectivity index (χ2v) is 4.36. The van der Waals surface area contributed by atoms with E-state index in [0.717, 1.165) is 11.3 Å². The molecule has 0 saturated carbocycles. The van der Waals surface area contributed by atoms with Gasteiger partial charge < -0.3 is 9.84 Å². The number of methoxy groups -OCH3 is 1. The zero-order chi connectivity index (χ0) is 13.8. The summed E-state index contributed by atoms with van der Waals surface area (Å²) in [7, 11) is 1.59. The highest BCUT2D eigenvalue weighted by Gasteiger charge is 2.19. The Labute approximate surface area is 112 Å². The molecule has 0 spiro atoms. The second-order valence-electron chi connectivity index (χ2n) is 4.36. The molecule has 0 saturated heterocycles. The van der Waals surface area contributed by atoms with E-state index in [2.05, 4.69) is 0 Å². The molecule has 1 N–H and O–H groups in total. The van der Waals surface area contributed by atoms with E-state index < -0.39 is 6.10 Å². The summed E-state index contributed by atoms with van der Waals surface area (Å²) in [5, 5.41) is 10.1. The van der Waals surface area contributed by atoms with Gasteiger partial charge in [-0.05, 0) is 30.2 Å². The maximum atomic E-state index is 12.1. The number of Topliss-reactive ketones (excluding diaryl/α,β-unsaturated/α-hetero) is 1. The SMILES string of the molecule is COc1ccc(C(O)C(=O)c2ccccc2)cc1C. The van der Waals surface area contributed by atoms with Crippen molar-refractivity contribution in [3.05, 3.63) is 65.2 Å². The molecule has 3 nitrogen and oxygen atoms in total. The molecule has 0 heterocycles. The average molecular weight is 256 g/mol. The summed E-state index contributed by atoms with van der Waals surface area (Å²) in [6, 6.07) is 14.0. The van der Waals surface area contributed by atoms with Gasteiger partial charge in [0.15, 0.2) is 5.78 Å². The third-order valence-electron chi connectivity index (χ3n) is 3.04. The smallest absolute Gasteiger partial charge is 0.195 e. The van der Waals surface area contributed by atoms with Gasteiger partial charge in [-0.3, -0.25) is 4.79 Å². The number of carbonyl (C=O) groups excluding carboxylic acids is 1. The highest BCUT2D eigenvalue weighted by atomic mass is 16.5. The first-order valence-corrected chi connectivity index (χ1v) is 6.05. The van der Waals surface area contributed by atoms with Gasteiger partial charge in [-0.15, -0.1) is 0 Å². The predicted octanol–water partition coefficient (Wildman–Crippen LogP) is 2.92. The van der Waals surface area contributed by atoms with Crippen LogP contribution in [0, 0.1) is 6.92 Å². The van der Waals surface area contributed by atoms with E-state index in [4.69, 9.17) is 4.74 Å². The molecule has 2 rings (SSSR count). The number of hydrogen-bond acceptors (Lipinski definition) is 3. The fourth-order valence-electron chi connectivity index (χ4n) is 1.98. The van der Waals surface area contributed by atoms with Gasteiger partial charge >= 0.3 is 0 Å². The van der Waals surface area contributed by atoms with Gasteiger partial charge in [0, 0.05) is 5.56 Å². The maximum absolute atomic E-state index is 12.1. The van der Waals surface area contributed by atoms with Gasteiger partial charge in [0.1, 0.15) is 11.9 Å². The Morgan fingerprint density at radius 2 is 1.84 bits per heavy atom. The predicted molar refractivity (Wildman–Crippen MR) is 73.5 cm³/mol. The number of ether oxygens (including phenoxy) is 1. The van der Waals surface area contributed by atoms with Crippen LogP contribution in [-0.4, -0.2) is 18.0 Å². The van der Waals surface area contributed by atoms with Crippen LogP contribution in [0.3, 0.4) is 0 Å². The van der Waals surface area contributed by atoms with E-state index in [-0.39, 0.29) is 5.78 Å². The minimum absolute atomic E-state index is 0.301. The highest BCUT2D eigenvalue weighted by Crippen LogP contribution is 2.24. The topological polar surface area (TPSA) is 46.5 Å². The van der Waals surface area contributed by atoms with Gasteiger partial charge in [0.25, 0.3) is 0 Å². The molecule has 0 fully saturated rings. The lowest BCUT2D eigenvalue weighted by atomic mass is 9.98. The van der Waals surface area contributed by atoms with Gasteiger partial charge in [0.05, 0.1) is 7.11 Å². The summed E-state index contributed by atoms with van der Waals surface area (Å²) in [4.78, 5) is 12.1. The minimum atomic E-state index is -1.15. The van der Waals surface area contributed by atoms with E-state index in [1.54, 1.807) is 49.6 Å². The number of ketones is 1. The van der Waals surface area contributed by atoms with Crippen molar-refractivity contribution in [1.82, 2.24) is 0 Å². The second kappa shape index (κ2) is 5.67. The summed E-state index contributed by atoms with van der Waals surface area (Å²) in [6.45, 7) is 1.88. The molecule has 0 aliphatic rings. The Balaban J connectivity index is 2.27. The fourth-order valence-corrected chi connectivity index (χ4v) is 1.98. The van der Waals surface area contributed by atoms with E-state index >= 15 is 0 Å². The van der Waals surface area contributed by atoms with Crippen LogP contribution in [0.25, 0.3) is 0 Å². The molecule has 0 radical (unpaired) electrons. The van der Waals surface area contributed by atoms with Crippen LogP contribution in [0.5, 0.6) is 5.75 Å². The highest BCUT2D eigenvalue weighted by molar-refractivity contribution is 5.99. The summed E-state index contributed by atoms with van der Waals surface area (Å²) in [5.74, 6) is 0.438. The normalized spacial score (nSPS) is 11.9. The molecule has 1 atom stereocenters. The lowest BCUT2D eigenvalue weighted by Crippen LogP contribution is -2.12. The maximum Gasteiger partial charge on any atom is 0.195 e. The molecule has 98 valence electrons. The van der Waals surface area contributed by atoms with Crippen molar-refractivity contribution in [1.29, 1.82) is 0 Å². The van der Waals surface area contributed by atoms with E-state index in [0.29, 0.717) is 11.1 Å². The number of aliphatic hydroxyl groups excluding tert-OH is 1. The number of carbonyl (C=O) groups is 1. The monoisotopic (exact) mass is 256 g/mol. The van der Waals surface area contributed by atoms with Crippen LogP contribution >= 0.6 is 0 Å². The van der Waals surface area contributed by atoms with Crippen molar-refractivity contribution in [3.8, 4) is 5.75 Å². The summed E-state index contributed by atoms with van der Waals surface area (Å²) < 4.78 is 5.16. The van der Waals surface area contributed by atoms with Crippen molar-refractivity contribution in [3.63, 3.8) is 0 Å². The molecule has 2 aromatic carbocycles. The zero-order valence-corrected chi connectivity index (χ0v) is 11.0. The van der Waals surface area contributed by atoms with Crippen LogP contribution in [-0.2, 0) is 0 Å². The largest absolute Gasteiger partial charge is 0.496 e. The van der Waals surface area contributed by atoms with Gasteiger partial charge in [-0.25, -0.2) is 0 Å². The molecule has 0 aliphatic carbocycles. The third-order valence-corrected chi connectivity index (χ3v) is 3.04. The van der Waals surface area contributed by atoms with E-state index in [9.17, 15) is 9.90 Å². The lowest BCUT2D eigenvalue weighted by Gasteiger charge is -2.12. The van der Waals surface area contributed by atoms with Crippen LogP contribution in [0.2, 0.25) is 0 Å². The molecule has 0 bridgehead atoms. The van der Waals surface area contributed by atoms with E-state index in [1.165, 1.54) is 0 Å². The lowest BCUT2D eigenvalue weighted by molar-refractivity contribution is 0.0747. The van der Waals surface area contributed by atoms with Crippen molar-refractivity contribution < 1.29 is 14.6 Å². The quantitative estimate of drug-likeness (QED) is 0.855. The number of aryl methyl sites for hydroxylation is 1. The molecular formula is C16H16O3. The minimum Gasteiger partial charge on any atom is -0.496 e. The molecule has 2 aromatic rings. The first-order chi connectivity index (χ1) is 9.13. The van der Waals surface area contributed by atoms with Gasteiger partial charge in [-0.1, -0.05) is 36.4 Å². The Hall–Kier alpha value is -2.13. The standard InChI is InChI=1S/C16H16O3/c1-11-10-13(8-9-14(11)19-2)16(18)15(17)12-6-4-3-5-7-12/h3-10,16,18H,1-2H3. The first-order valence-electron chi connectivity index (χ1n) is 6.05. The molecule has 0 aromatic heterocycles. The summed E-state index contributed by atoms with van der Waals surface area (Å²) >= 11 is 0. The summed E-state index contributed by atoms with van der Waals surface area (Å²) in [6.07, 6.45) is -1.15. The van der Waals surface area contributed by atoms with Gasteiger partial charge in [0.2, 0.25) is 0 Å². The van der Waals surface area contributed by atoms with Gasteiger partial charge in [-0.2, -0.15) is 0 Å². The Morgan fingerprint density at radius 1 is 1.16 bits per heavy atom. The Bertz CT molecular complexity index is 576. The molecule has 0 amide bonds. The number of hydrogen-bond donors (Lipinski definition) is 1. The Morgan fingerprint density at radius 3 is 2.42 bits per heavy atom. The molecule has 1 unspecified atom stereocenters. The fraction of sp³-hybridized carbons (Fsp3) is 0.188. The van der Waals surface area contributed by atoms with E-state index in [1.807, 2.05) is 13.0 Å². The average Bonchev–Trinajstić information content (AvgIpc) is 2.46. The summed E-state index contributed by atoms with van der Waals surface area (Å²) in [5.41, 5.74) is 1.97. The number of benzene rings is 2. The zero-order valence-electron chi connectivity index (χ0n) is 11.0. The van der Waals surface area contributed by atoms with Crippen molar-refractivity contribution in [2.24, 2.45) is 0 Å². The van der Waals surface area contributed by atoms with Crippen LogP contribution in [0.15, 0.2) is 48.5 Å². The molecular weight excluding hydrogens is 240 g/mol. The first kappa shape index (κ1) is 13.3. The van der Waals surface area contributed by atoms with Crippen LogP contribution in [0.4, 0.5) is 0 Å². The molecule has 19 heavy (non-hydrogen) atoms. The van der Waals surface area contributed by atoms with Crippen LogP contribution < -0.4 is 4.74 Å². The molecule has 0 aliphatic heterocycles. The van der Waals surface area contributed by atoms with Crippen LogP contribution in [0.1, 0.15) is 27.6 Å². The third kappa shape index (κ3) is 2.83. The van der Waals surface area contributed by atoms with Crippen molar-refractivity contribution >= 4 is 5.78 Å².